The van der Waals surface area contributed by atoms with Crippen LogP contribution in [0.15, 0.2) is 17.0 Å². The van der Waals surface area contributed by atoms with Crippen LogP contribution in [0, 0.1) is 13.8 Å². The van der Waals surface area contributed by atoms with Crippen LogP contribution in [0.4, 0.5) is 0 Å². The van der Waals surface area contributed by atoms with E-state index in [0.29, 0.717) is 11.1 Å². The van der Waals surface area contributed by atoms with Crippen molar-refractivity contribution in [1.82, 2.24) is 5.32 Å². The average Bonchev–Trinajstić information content (AvgIpc) is 2.42. The van der Waals surface area contributed by atoms with E-state index in [2.05, 4.69) is 5.32 Å². The number of hydrogen-bond donors (Lipinski definition) is 3. The molecule has 122 valence electrons. The van der Waals surface area contributed by atoms with Crippen molar-refractivity contribution in [3.8, 4) is 0 Å². The third-order valence-corrected chi connectivity index (χ3v) is 5.33. The van der Waals surface area contributed by atoms with E-state index in [-0.39, 0.29) is 22.9 Å². The van der Waals surface area contributed by atoms with Crippen molar-refractivity contribution >= 4 is 15.9 Å². The smallest absolute Gasteiger partial charge is 0.251 e. The molecule has 1 aliphatic rings. The summed E-state index contributed by atoms with van der Waals surface area (Å²) < 4.78 is 23.3. The first-order chi connectivity index (χ1) is 10.2. The van der Waals surface area contributed by atoms with Crippen LogP contribution in [0.1, 0.15) is 47.2 Å². The molecule has 1 amide bonds. The van der Waals surface area contributed by atoms with E-state index in [1.807, 2.05) is 0 Å². The second-order valence-corrected chi connectivity index (χ2v) is 7.58. The molecule has 0 radical (unpaired) electrons. The summed E-state index contributed by atoms with van der Waals surface area (Å²) in [5.74, 6) is -0.270. The Hall–Kier alpha value is -1.44. The van der Waals surface area contributed by atoms with Crippen LogP contribution in [0.3, 0.4) is 0 Å². The lowest BCUT2D eigenvalue weighted by atomic mass is 9.91. The molecule has 1 aromatic rings. The standard InChI is InChI=1S/C15H23N3O3S/c1-9-7-11(8-14(10(9)2)22(17,20)21)15(19)18-13-5-3-12(16)4-6-13/h7-8,12-13H,3-6,16H2,1-2H3,(H,18,19)(H2,17,20,21). The molecule has 22 heavy (non-hydrogen) atoms. The zero-order valence-electron chi connectivity index (χ0n) is 12.9. The molecule has 0 atom stereocenters. The summed E-state index contributed by atoms with van der Waals surface area (Å²) in [6, 6.07) is 3.34. The van der Waals surface area contributed by atoms with Crippen LogP contribution < -0.4 is 16.2 Å². The third kappa shape index (κ3) is 3.85. The van der Waals surface area contributed by atoms with E-state index < -0.39 is 10.0 Å². The van der Waals surface area contributed by atoms with Crippen LogP contribution in [-0.4, -0.2) is 26.4 Å². The van der Waals surface area contributed by atoms with Gasteiger partial charge in [-0.15, -0.1) is 0 Å². The van der Waals surface area contributed by atoms with Gasteiger partial charge in [0.25, 0.3) is 5.91 Å². The first-order valence-electron chi connectivity index (χ1n) is 7.39. The van der Waals surface area contributed by atoms with Gasteiger partial charge in [0.2, 0.25) is 10.0 Å². The van der Waals surface area contributed by atoms with Crippen molar-refractivity contribution < 1.29 is 13.2 Å². The number of amides is 1. The number of carbonyl (C=O) groups is 1. The SMILES string of the molecule is Cc1cc(C(=O)NC2CCC(N)CC2)cc(S(N)(=O)=O)c1C. The van der Waals surface area contributed by atoms with Gasteiger partial charge in [-0.3, -0.25) is 4.79 Å². The number of aryl methyl sites for hydroxylation is 1. The van der Waals surface area contributed by atoms with Crippen molar-refractivity contribution in [1.29, 1.82) is 0 Å². The van der Waals surface area contributed by atoms with E-state index in [1.54, 1.807) is 19.9 Å². The van der Waals surface area contributed by atoms with Crippen molar-refractivity contribution in [2.45, 2.75) is 56.5 Å². The third-order valence-electron chi connectivity index (χ3n) is 4.30. The summed E-state index contributed by atoms with van der Waals surface area (Å²) in [4.78, 5) is 12.4. The molecule has 1 fully saturated rings. The number of rotatable bonds is 3. The Morgan fingerprint density at radius 1 is 1.18 bits per heavy atom. The minimum absolute atomic E-state index is 0.00307. The van der Waals surface area contributed by atoms with Crippen molar-refractivity contribution in [2.75, 3.05) is 0 Å². The van der Waals surface area contributed by atoms with Crippen molar-refractivity contribution in [3.63, 3.8) is 0 Å². The maximum atomic E-state index is 12.4. The van der Waals surface area contributed by atoms with Gasteiger partial charge in [0.1, 0.15) is 0 Å². The molecule has 6 nitrogen and oxygen atoms in total. The van der Waals surface area contributed by atoms with Crippen LogP contribution in [0.25, 0.3) is 0 Å². The highest BCUT2D eigenvalue weighted by Gasteiger charge is 2.22. The molecule has 0 heterocycles. The lowest BCUT2D eigenvalue weighted by Crippen LogP contribution is -2.40. The van der Waals surface area contributed by atoms with Gasteiger partial charge in [0.15, 0.2) is 0 Å². The molecule has 1 aromatic carbocycles. The Morgan fingerprint density at radius 3 is 2.32 bits per heavy atom. The number of primary sulfonamides is 1. The Morgan fingerprint density at radius 2 is 1.77 bits per heavy atom. The van der Waals surface area contributed by atoms with Crippen LogP contribution in [0.5, 0.6) is 0 Å². The molecule has 0 spiro atoms. The largest absolute Gasteiger partial charge is 0.349 e. The molecule has 1 saturated carbocycles. The predicted molar refractivity (Wildman–Crippen MR) is 85.0 cm³/mol. The molecule has 7 heteroatoms. The Labute approximate surface area is 131 Å². The minimum atomic E-state index is -3.85. The lowest BCUT2D eigenvalue weighted by Gasteiger charge is -2.27. The molecule has 5 N–H and O–H groups in total. The van der Waals surface area contributed by atoms with Gasteiger partial charge < -0.3 is 11.1 Å². The fraction of sp³-hybridized carbons (Fsp3) is 0.533. The highest BCUT2D eigenvalue weighted by Crippen LogP contribution is 2.21. The second-order valence-electron chi connectivity index (χ2n) is 6.05. The minimum Gasteiger partial charge on any atom is -0.349 e. The fourth-order valence-electron chi connectivity index (χ4n) is 2.79. The first-order valence-corrected chi connectivity index (χ1v) is 8.93. The molecule has 0 aromatic heterocycles. The number of carbonyl (C=O) groups excluding carboxylic acids is 1. The summed E-state index contributed by atoms with van der Waals surface area (Å²) in [6.07, 6.45) is 3.47. The van der Waals surface area contributed by atoms with Crippen LogP contribution >= 0.6 is 0 Å². The number of nitrogens with two attached hydrogens (primary N) is 2. The van der Waals surface area contributed by atoms with Crippen molar-refractivity contribution in [3.05, 3.63) is 28.8 Å². The summed E-state index contributed by atoms with van der Waals surface area (Å²) in [5.41, 5.74) is 7.47. The molecule has 0 aliphatic heterocycles. The Balaban J connectivity index is 2.22. The monoisotopic (exact) mass is 325 g/mol. The van der Waals surface area contributed by atoms with E-state index in [0.717, 1.165) is 31.2 Å². The fourth-order valence-corrected chi connectivity index (χ4v) is 3.66. The summed E-state index contributed by atoms with van der Waals surface area (Å²) >= 11 is 0. The zero-order valence-corrected chi connectivity index (χ0v) is 13.7. The number of hydrogen-bond acceptors (Lipinski definition) is 4. The van der Waals surface area contributed by atoms with E-state index in [4.69, 9.17) is 10.9 Å². The molecule has 0 saturated heterocycles. The molecule has 0 unspecified atom stereocenters. The first kappa shape index (κ1) is 16.9. The van der Waals surface area contributed by atoms with Gasteiger partial charge >= 0.3 is 0 Å². The van der Waals surface area contributed by atoms with Gasteiger partial charge in [-0.05, 0) is 62.8 Å². The number of nitrogens with one attached hydrogen (secondary N) is 1. The predicted octanol–water partition coefficient (Wildman–Crippen LogP) is 0.951. The number of benzene rings is 1. The average molecular weight is 325 g/mol. The molecule has 1 aliphatic carbocycles. The highest BCUT2D eigenvalue weighted by atomic mass is 32.2. The molecular formula is C15H23N3O3S. The number of sulfonamides is 1. The normalized spacial score (nSPS) is 22.4. The molecular weight excluding hydrogens is 302 g/mol. The van der Waals surface area contributed by atoms with Crippen LogP contribution in [0.2, 0.25) is 0 Å². The maximum Gasteiger partial charge on any atom is 0.251 e. The summed E-state index contributed by atoms with van der Waals surface area (Å²) in [5, 5.41) is 8.17. The van der Waals surface area contributed by atoms with Gasteiger partial charge in [-0.25, -0.2) is 13.6 Å². The highest BCUT2D eigenvalue weighted by molar-refractivity contribution is 7.89. The van der Waals surface area contributed by atoms with Gasteiger partial charge in [0, 0.05) is 17.6 Å². The van der Waals surface area contributed by atoms with Gasteiger partial charge in [-0.1, -0.05) is 0 Å². The van der Waals surface area contributed by atoms with Crippen LogP contribution in [-0.2, 0) is 10.0 Å². The molecule has 0 bridgehead atoms. The van der Waals surface area contributed by atoms with E-state index in [1.165, 1.54) is 6.07 Å². The second kappa shape index (κ2) is 6.36. The maximum absolute atomic E-state index is 12.4. The summed E-state index contributed by atoms with van der Waals surface area (Å²) in [6.45, 7) is 3.44. The van der Waals surface area contributed by atoms with E-state index in [9.17, 15) is 13.2 Å². The van der Waals surface area contributed by atoms with E-state index >= 15 is 0 Å². The molecule has 2 rings (SSSR count). The van der Waals surface area contributed by atoms with Gasteiger partial charge in [0.05, 0.1) is 4.90 Å². The summed E-state index contributed by atoms with van der Waals surface area (Å²) in [7, 11) is -3.85. The Kier molecular flexibility index (Phi) is 4.89. The lowest BCUT2D eigenvalue weighted by molar-refractivity contribution is 0.0925. The van der Waals surface area contributed by atoms with Crippen molar-refractivity contribution in [2.24, 2.45) is 10.9 Å². The zero-order chi connectivity index (χ0) is 16.5. The Bertz CT molecular complexity index is 678. The quantitative estimate of drug-likeness (QED) is 0.767. The topological polar surface area (TPSA) is 115 Å². The van der Waals surface area contributed by atoms with Gasteiger partial charge in [-0.2, -0.15) is 0 Å².